The van der Waals surface area contributed by atoms with E-state index in [1.807, 2.05) is 6.92 Å². The van der Waals surface area contributed by atoms with Gasteiger partial charge >= 0.3 is 0 Å². The van der Waals surface area contributed by atoms with Crippen LogP contribution < -0.4 is 5.32 Å². The van der Waals surface area contributed by atoms with Crippen LogP contribution in [0.3, 0.4) is 0 Å². The molecule has 2 aromatic rings. The maximum absolute atomic E-state index is 5.32. The van der Waals surface area contributed by atoms with Gasteiger partial charge in [-0.2, -0.15) is 0 Å². The molecule has 0 aliphatic carbocycles. The summed E-state index contributed by atoms with van der Waals surface area (Å²) in [7, 11) is 0. The fourth-order valence-corrected chi connectivity index (χ4v) is 3.03. The van der Waals surface area contributed by atoms with Crippen molar-refractivity contribution in [2.45, 2.75) is 33.6 Å². The molecular weight excluding hydrogens is 292 g/mol. The largest absolute Gasteiger partial charge is 0.382 e. The molecule has 0 saturated heterocycles. The van der Waals surface area contributed by atoms with Crippen LogP contribution in [0.5, 0.6) is 0 Å². The molecule has 0 atom stereocenters. The monoisotopic (exact) mass is 318 g/mol. The van der Waals surface area contributed by atoms with Gasteiger partial charge in [0.05, 0.1) is 10.7 Å². The molecule has 1 N–H and O–H groups in total. The Bertz CT molecular complexity index is 580. The molecule has 0 amide bonds. The van der Waals surface area contributed by atoms with Crippen LogP contribution in [0.4, 0.5) is 0 Å². The summed E-state index contributed by atoms with van der Waals surface area (Å²) >= 11 is 1.75. The molecule has 0 aliphatic rings. The fraction of sp³-hybridized carbons (Fsp3) is 0.500. The van der Waals surface area contributed by atoms with Crippen LogP contribution in [0.2, 0.25) is 0 Å². The number of nitrogens with zero attached hydrogens (tertiary/aromatic N) is 1. The van der Waals surface area contributed by atoms with E-state index in [2.05, 4.69) is 42.7 Å². The Morgan fingerprint density at radius 3 is 2.82 bits per heavy atom. The zero-order chi connectivity index (χ0) is 15.8. The molecule has 0 fully saturated rings. The molecule has 4 heteroatoms. The number of hydrogen-bond acceptors (Lipinski definition) is 4. The van der Waals surface area contributed by atoms with Gasteiger partial charge in [-0.15, -0.1) is 11.3 Å². The van der Waals surface area contributed by atoms with Gasteiger partial charge in [0.15, 0.2) is 0 Å². The lowest BCUT2D eigenvalue weighted by Gasteiger charge is -2.04. The highest BCUT2D eigenvalue weighted by molar-refractivity contribution is 7.09. The normalized spacial score (nSPS) is 11.0. The van der Waals surface area contributed by atoms with Crippen molar-refractivity contribution in [2.75, 3.05) is 26.3 Å². The number of thiazole rings is 1. The van der Waals surface area contributed by atoms with Crippen LogP contribution in [0.25, 0.3) is 11.3 Å². The van der Waals surface area contributed by atoms with Crippen LogP contribution in [0.15, 0.2) is 23.6 Å². The number of ether oxygens (including phenoxy) is 1. The molecule has 0 unspecified atom stereocenters. The van der Waals surface area contributed by atoms with Gasteiger partial charge in [-0.05, 0) is 50.9 Å². The smallest absolute Gasteiger partial charge is 0.0945 e. The predicted octanol–water partition coefficient (Wildman–Crippen LogP) is 3.99. The van der Waals surface area contributed by atoms with Crippen molar-refractivity contribution >= 4 is 11.3 Å². The van der Waals surface area contributed by atoms with Gasteiger partial charge in [0.25, 0.3) is 0 Å². The second kappa shape index (κ2) is 9.03. The molecule has 3 nitrogen and oxygen atoms in total. The van der Waals surface area contributed by atoms with E-state index >= 15 is 0 Å². The maximum Gasteiger partial charge on any atom is 0.0945 e. The van der Waals surface area contributed by atoms with Crippen molar-refractivity contribution in [2.24, 2.45) is 0 Å². The number of aromatic nitrogens is 1. The number of benzene rings is 1. The molecule has 0 radical (unpaired) electrons. The minimum Gasteiger partial charge on any atom is -0.382 e. The number of rotatable bonds is 9. The van der Waals surface area contributed by atoms with Crippen LogP contribution in [-0.2, 0) is 11.2 Å². The zero-order valence-electron chi connectivity index (χ0n) is 13.8. The van der Waals surface area contributed by atoms with E-state index in [9.17, 15) is 0 Å². The number of nitrogens with one attached hydrogen (secondary N) is 1. The van der Waals surface area contributed by atoms with Crippen molar-refractivity contribution in [1.82, 2.24) is 10.3 Å². The third kappa shape index (κ3) is 5.20. The quantitative estimate of drug-likeness (QED) is 0.710. The molecular formula is C18H26N2OS. The van der Waals surface area contributed by atoms with Crippen LogP contribution in [0, 0.1) is 13.8 Å². The summed E-state index contributed by atoms with van der Waals surface area (Å²) in [6.45, 7) is 9.96. The maximum atomic E-state index is 5.32. The van der Waals surface area contributed by atoms with Crippen molar-refractivity contribution in [3.63, 3.8) is 0 Å². The highest BCUT2D eigenvalue weighted by atomic mass is 32.1. The minimum absolute atomic E-state index is 0.806. The molecule has 0 spiro atoms. The van der Waals surface area contributed by atoms with Gasteiger partial charge < -0.3 is 10.1 Å². The third-order valence-corrected chi connectivity index (χ3v) is 4.63. The average molecular weight is 318 g/mol. The lowest BCUT2D eigenvalue weighted by atomic mass is 10.1. The third-order valence-electron chi connectivity index (χ3n) is 3.72. The summed E-state index contributed by atoms with van der Waals surface area (Å²) in [4.78, 5) is 4.75. The molecule has 120 valence electrons. The van der Waals surface area contributed by atoms with Gasteiger partial charge in [0.2, 0.25) is 0 Å². The standard InChI is InChI=1S/C18H26N2OS/c1-4-21-11-5-9-19-10-8-18-20-17(13-22-18)16-7-6-14(2)15(3)12-16/h6-7,12-13,19H,4-5,8-11H2,1-3H3. The summed E-state index contributed by atoms with van der Waals surface area (Å²) in [5.74, 6) is 0. The van der Waals surface area contributed by atoms with Crippen molar-refractivity contribution < 1.29 is 4.74 Å². The fourth-order valence-electron chi connectivity index (χ4n) is 2.22. The van der Waals surface area contributed by atoms with Gasteiger partial charge in [-0.1, -0.05) is 12.1 Å². The lowest BCUT2D eigenvalue weighted by molar-refractivity contribution is 0.145. The van der Waals surface area contributed by atoms with E-state index < -0.39 is 0 Å². The first-order valence-corrected chi connectivity index (χ1v) is 8.89. The highest BCUT2D eigenvalue weighted by Gasteiger charge is 2.05. The average Bonchev–Trinajstić information content (AvgIpc) is 2.98. The molecule has 2 rings (SSSR count). The van der Waals surface area contributed by atoms with Gasteiger partial charge in [0, 0.05) is 37.1 Å². The minimum atomic E-state index is 0.806. The molecule has 22 heavy (non-hydrogen) atoms. The lowest BCUT2D eigenvalue weighted by Crippen LogP contribution is -2.19. The van der Waals surface area contributed by atoms with Crippen molar-refractivity contribution in [3.8, 4) is 11.3 Å². The SMILES string of the molecule is CCOCCCNCCc1nc(-c2ccc(C)c(C)c2)cs1. The Morgan fingerprint density at radius 1 is 1.18 bits per heavy atom. The zero-order valence-corrected chi connectivity index (χ0v) is 14.6. The van der Waals surface area contributed by atoms with E-state index in [1.165, 1.54) is 21.7 Å². The van der Waals surface area contributed by atoms with Gasteiger partial charge in [-0.25, -0.2) is 4.98 Å². The second-order valence-electron chi connectivity index (χ2n) is 5.48. The van der Waals surface area contributed by atoms with Crippen LogP contribution >= 0.6 is 11.3 Å². The van der Waals surface area contributed by atoms with E-state index in [-0.39, 0.29) is 0 Å². The highest BCUT2D eigenvalue weighted by Crippen LogP contribution is 2.24. The summed E-state index contributed by atoms with van der Waals surface area (Å²) in [6, 6.07) is 6.55. The van der Waals surface area contributed by atoms with E-state index in [0.717, 1.165) is 44.8 Å². The predicted molar refractivity (Wildman–Crippen MR) is 94.7 cm³/mol. The van der Waals surface area contributed by atoms with Crippen LogP contribution in [0.1, 0.15) is 29.5 Å². The van der Waals surface area contributed by atoms with E-state index in [1.54, 1.807) is 11.3 Å². The van der Waals surface area contributed by atoms with E-state index in [0.29, 0.717) is 0 Å². The van der Waals surface area contributed by atoms with Crippen molar-refractivity contribution in [1.29, 1.82) is 0 Å². The first kappa shape index (κ1) is 17.1. The van der Waals surface area contributed by atoms with Crippen LogP contribution in [-0.4, -0.2) is 31.3 Å². The molecule has 1 aromatic carbocycles. The molecule has 0 aliphatic heterocycles. The number of aryl methyl sites for hydroxylation is 2. The number of hydrogen-bond donors (Lipinski definition) is 1. The second-order valence-corrected chi connectivity index (χ2v) is 6.42. The van der Waals surface area contributed by atoms with E-state index in [4.69, 9.17) is 9.72 Å². The first-order chi connectivity index (χ1) is 10.7. The van der Waals surface area contributed by atoms with Gasteiger partial charge in [0.1, 0.15) is 0 Å². The van der Waals surface area contributed by atoms with Gasteiger partial charge in [-0.3, -0.25) is 0 Å². The molecule has 0 saturated carbocycles. The molecule has 0 bridgehead atoms. The Morgan fingerprint density at radius 2 is 2.05 bits per heavy atom. The Hall–Kier alpha value is -1.23. The Labute approximate surface area is 137 Å². The Kier molecular flexibility index (Phi) is 7.03. The Balaban J connectivity index is 1.78. The first-order valence-electron chi connectivity index (χ1n) is 8.01. The molecule has 1 heterocycles. The summed E-state index contributed by atoms with van der Waals surface area (Å²) < 4.78 is 5.32. The van der Waals surface area contributed by atoms with Crippen molar-refractivity contribution in [3.05, 3.63) is 39.7 Å². The summed E-state index contributed by atoms with van der Waals surface area (Å²) in [6.07, 6.45) is 2.06. The summed E-state index contributed by atoms with van der Waals surface area (Å²) in [5.41, 5.74) is 4.97. The molecule has 1 aromatic heterocycles. The summed E-state index contributed by atoms with van der Waals surface area (Å²) in [5, 5.41) is 6.81. The topological polar surface area (TPSA) is 34.1 Å².